The van der Waals surface area contributed by atoms with E-state index in [2.05, 4.69) is 5.32 Å². The highest BCUT2D eigenvalue weighted by molar-refractivity contribution is 5.85. The smallest absolute Gasteiger partial charge is 0.318 e. The fourth-order valence-electron chi connectivity index (χ4n) is 2.01. The lowest BCUT2D eigenvalue weighted by Crippen LogP contribution is -2.51. The highest BCUT2D eigenvalue weighted by Gasteiger charge is 2.26. The van der Waals surface area contributed by atoms with Crippen LogP contribution >= 0.6 is 0 Å². The molecule has 0 radical (unpaired) electrons. The zero-order chi connectivity index (χ0) is 13.7. The van der Waals surface area contributed by atoms with Gasteiger partial charge in [0.05, 0.1) is 0 Å². The van der Waals surface area contributed by atoms with Gasteiger partial charge in [-0.3, -0.25) is 9.59 Å². The fourth-order valence-corrected chi connectivity index (χ4v) is 2.01. The molecule has 7 heteroatoms. The maximum absolute atomic E-state index is 11.8. The van der Waals surface area contributed by atoms with E-state index in [1.807, 2.05) is 0 Å². The van der Waals surface area contributed by atoms with Crippen molar-refractivity contribution in [3.63, 3.8) is 0 Å². The monoisotopic (exact) mass is 257 g/mol. The Morgan fingerprint density at radius 3 is 2.72 bits per heavy atom. The molecular formula is C11H19N3O4. The zero-order valence-electron chi connectivity index (χ0n) is 10.4. The second-order valence-electron chi connectivity index (χ2n) is 4.63. The summed E-state index contributed by atoms with van der Waals surface area (Å²) in [4.78, 5) is 34.8. The van der Waals surface area contributed by atoms with Crippen molar-refractivity contribution in [2.24, 2.45) is 11.7 Å². The summed E-state index contributed by atoms with van der Waals surface area (Å²) in [5.41, 5.74) is 5.06. The van der Waals surface area contributed by atoms with Crippen LogP contribution in [0.15, 0.2) is 0 Å². The molecule has 0 aromatic carbocycles. The molecule has 4 N–H and O–H groups in total. The number of nitrogens with zero attached hydrogens (tertiary/aromatic N) is 1. The third kappa shape index (κ3) is 4.23. The molecule has 1 aliphatic rings. The lowest BCUT2D eigenvalue weighted by Gasteiger charge is -2.32. The molecule has 2 unspecified atom stereocenters. The standard InChI is InChI=1S/C11H19N3O4/c1-7(10(12)17)13-11(18)14-4-2-3-8(6-14)5-9(15)16/h7-8H,2-6H2,1H3,(H2,12,17)(H,13,18)(H,15,16). The third-order valence-corrected chi connectivity index (χ3v) is 3.04. The van der Waals surface area contributed by atoms with Crippen molar-refractivity contribution in [3.8, 4) is 0 Å². The minimum Gasteiger partial charge on any atom is -0.481 e. The summed E-state index contributed by atoms with van der Waals surface area (Å²) in [6, 6.07) is -1.09. The minimum absolute atomic E-state index is 0.0223. The zero-order valence-corrected chi connectivity index (χ0v) is 10.4. The lowest BCUT2D eigenvalue weighted by atomic mass is 9.95. The Balaban J connectivity index is 2.48. The minimum atomic E-state index is -0.854. The van der Waals surface area contributed by atoms with Crippen LogP contribution in [-0.4, -0.2) is 47.0 Å². The van der Waals surface area contributed by atoms with Gasteiger partial charge >= 0.3 is 12.0 Å². The predicted molar refractivity (Wildman–Crippen MR) is 63.7 cm³/mol. The molecule has 1 aliphatic heterocycles. The van der Waals surface area contributed by atoms with Crippen LogP contribution in [0.2, 0.25) is 0 Å². The molecule has 0 aromatic rings. The summed E-state index contributed by atoms with van der Waals surface area (Å²) in [6.07, 6.45) is 1.65. The Labute approximate surface area is 105 Å². The summed E-state index contributed by atoms with van der Waals surface area (Å²) in [5.74, 6) is -1.47. The van der Waals surface area contributed by atoms with Crippen molar-refractivity contribution in [3.05, 3.63) is 0 Å². The summed E-state index contributed by atoms with van der Waals surface area (Å²) >= 11 is 0. The first-order valence-electron chi connectivity index (χ1n) is 5.96. The number of urea groups is 1. The van der Waals surface area contributed by atoms with Crippen molar-refractivity contribution in [2.75, 3.05) is 13.1 Å². The summed E-state index contributed by atoms with van der Waals surface area (Å²) in [5, 5.41) is 11.2. The van der Waals surface area contributed by atoms with Crippen LogP contribution < -0.4 is 11.1 Å². The average Bonchev–Trinajstić information content (AvgIpc) is 2.28. The molecule has 18 heavy (non-hydrogen) atoms. The van der Waals surface area contributed by atoms with E-state index in [0.29, 0.717) is 13.1 Å². The molecule has 1 saturated heterocycles. The lowest BCUT2D eigenvalue weighted by molar-refractivity contribution is -0.138. The average molecular weight is 257 g/mol. The second-order valence-corrected chi connectivity index (χ2v) is 4.63. The number of amides is 3. The van der Waals surface area contributed by atoms with Crippen molar-refractivity contribution >= 4 is 17.9 Å². The summed E-state index contributed by atoms with van der Waals surface area (Å²) in [7, 11) is 0. The first kappa shape index (κ1) is 14.3. The quantitative estimate of drug-likeness (QED) is 0.644. The van der Waals surface area contributed by atoms with Crippen LogP contribution in [0.1, 0.15) is 26.2 Å². The molecule has 0 bridgehead atoms. The van der Waals surface area contributed by atoms with E-state index in [4.69, 9.17) is 10.8 Å². The van der Waals surface area contributed by atoms with E-state index in [1.165, 1.54) is 11.8 Å². The van der Waals surface area contributed by atoms with Crippen molar-refractivity contribution in [2.45, 2.75) is 32.2 Å². The molecule has 1 rings (SSSR count). The van der Waals surface area contributed by atoms with Gasteiger partial charge in [0.1, 0.15) is 6.04 Å². The van der Waals surface area contributed by atoms with Gasteiger partial charge in [-0.25, -0.2) is 4.79 Å². The van der Waals surface area contributed by atoms with Gasteiger partial charge in [-0.1, -0.05) is 0 Å². The van der Waals surface area contributed by atoms with E-state index < -0.39 is 17.9 Å². The van der Waals surface area contributed by atoms with Crippen molar-refractivity contribution in [1.82, 2.24) is 10.2 Å². The Hall–Kier alpha value is -1.79. The highest BCUT2D eigenvalue weighted by atomic mass is 16.4. The van der Waals surface area contributed by atoms with E-state index in [-0.39, 0.29) is 18.4 Å². The van der Waals surface area contributed by atoms with Crippen LogP contribution in [0.3, 0.4) is 0 Å². The number of nitrogens with one attached hydrogen (secondary N) is 1. The number of likely N-dealkylation sites (tertiary alicyclic amines) is 1. The number of hydrogen-bond acceptors (Lipinski definition) is 3. The topological polar surface area (TPSA) is 113 Å². The highest BCUT2D eigenvalue weighted by Crippen LogP contribution is 2.19. The number of piperidine rings is 1. The van der Waals surface area contributed by atoms with Crippen LogP contribution in [0.5, 0.6) is 0 Å². The van der Waals surface area contributed by atoms with Gasteiger partial charge in [0.25, 0.3) is 0 Å². The molecular weight excluding hydrogens is 238 g/mol. The fraction of sp³-hybridized carbons (Fsp3) is 0.727. The predicted octanol–water partition coefficient (Wildman–Crippen LogP) is -0.243. The van der Waals surface area contributed by atoms with E-state index in [1.54, 1.807) is 0 Å². The molecule has 1 fully saturated rings. The Kier molecular flexibility index (Phi) is 4.94. The number of carbonyl (C=O) groups excluding carboxylic acids is 2. The third-order valence-electron chi connectivity index (χ3n) is 3.04. The normalized spacial score (nSPS) is 21.2. The van der Waals surface area contributed by atoms with Gasteiger partial charge in [0.2, 0.25) is 5.91 Å². The Bertz CT molecular complexity index is 345. The van der Waals surface area contributed by atoms with Gasteiger partial charge in [-0.2, -0.15) is 0 Å². The maximum Gasteiger partial charge on any atom is 0.318 e. The summed E-state index contributed by atoms with van der Waals surface area (Å²) in [6.45, 7) is 2.50. The van der Waals surface area contributed by atoms with E-state index in [9.17, 15) is 14.4 Å². The molecule has 0 aromatic heterocycles. The molecule has 0 aliphatic carbocycles. The van der Waals surface area contributed by atoms with Gasteiger partial charge in [-0.15, -0.1) is 0 Å². The van der Waals surface area contributed by atoms with Crippen molar-refractivity contribution in [1.29, 1.82) is 0 Å². The molecule has 7 nitrogen and oxygen atoms in total. The Morgan fingerprint density at radius 2 is 2.17 bits per heavy atom. The van der Waals surface area contributed by atoms with E-state index in [0.717, 1.165) is 12.8 Å². The number of carbonyl (C=O) groups is 3. The van der Waals surface area contributed by atoms with Crippen molar-refractivity contribution < 1.29 is 19.5 Å². The first-order chi connectivity index (χ1) is 8.40. The first-order valence-corrected chi connectivity index (χ1v) is 5.96. The number of carboxylic acid groups (broad SMARTS) is 1. The summed E-state index contributed by atoms with van der Waals surface area (Å²) < 4.78 is 0. The Morgan fingerprint density at radius 1 is 1.50 bits per heavy atom. The van der Waals surface area contributed by atoms with E-state index >= 15 is 0 Å². The SMILES string of the molecule is CC(NC(=O)N1CCCC(CC(=O)O)C1)C(N)=O. The molecule has 1 heterocycles. The van der Waals surface area contributed by atoms with Crippen LogP contribution in [0, 0.1) is 5.92 Å². The number of primary amides is 1. The number of aliphatic carboxylic acids is 1. The van der Waals surface area contributed by atoms with Gasteiger partial charge in [0, 0.05) is 19.5 Å². The molecule has 2 atom stereocenters. The molecule has 0 saturated carbocycles. The number of rotatable bonds is 4. The number of hydrogen-bond donors (Lipinski definition) is 3. The van der Waals surface area contributed by atoms with Gasteiger partial charge in [0.15, 0.2) is 0 Å². The number of nitrogens with two attached hydrogens (primary N) is 1. The van der Waals surface area contributed by atoms with Gasteiger partial charge < -0.3 is 21.1 Å². The van der Waals surface area contributed by atoms with Crippen LogP contribution in [0.25, 0.3) is 0 Å². The second kappa shape index (κ2) is 6.23. The van der Waals surface area contributed by atoms with Gasteiger partial charge in [-0.05, 0) is 25.7 Å². The maximum atomic E-state index is 11.8. The van der Waals surface area contributed by atoms with Crippen LogP contribution in [0.4, 0.5) is 4.79 Å². The largest absolute Gasteiger partial charge is 0.481 e. The molecule has 0 spiro atoms. The molecule has 102 valence electrons. The van der Waals surface area contributed by atoms with Crippen LogP contribution in [-0.2, 0) is 9.59 Å². The number of carboxylic acids is 1. The molecule has 3 amide bonds.